The fourth-order valence-corrected chi connectivity index (χ4v) is 3.64. The molecule has 3 aromatic rings. The number of ether oxygens (including phenoxy) is 1. The molecule has 0 saturated carbocycles. The Labute approximate surface area is 160 Å². The predicted molar refractivity (Wildman–Crippen MR) is 103 cm³/mol. The molecule has 0 unspecified atom stereocenters. The summed E-state index contributed by atoms with van der Waals surface area (Å²) in [5, 5.41) is 8.26. The van der Waals surface area contributed by atoms with Gasteiger partial charge in [0.25, 0.3) is 5.91 Å². The van der Waals surface area contributed by atoms with E-state index >= 15 is 0 Å². The molecule has 0 aliphatic carbocycles. The monoisotopic (exact) mass is 403 g/mol. The first-order chi connectivity index (χ1) is 12.9. The molecule has 3 N–H and O–H groups in total. The van der Waals surface area contributed by atoms with Gasteiger partial charge in [0, 0.05) is 17.5 Å². The lowest BCUT2D eigenvalue weighted by atomic mass is 10.1. The van der Waals surface area contributed by atoms with Crippen molar-refractivity contribution in [3.05, 3.63) is 71.2 Å². The Bertz CT molecular complexity index is 1020. The van der Waals surface area contributed by atoms with Gasteiger partial charge in [0.2, 0.25) is 10.0 Å². The molecule has 2 aromatic carbocycles. The van der Waals surface area contributed by atoms with E-state index in [1.54, 1.807) is 30.5 Å². The van der Waals surface area contributed by atoms with Crippen LogP contribution < -0.4 is 15.2 Å². The molecule has 0 aliphatic heterocycles. The Balaban J connectivity index is 1.54. The van der Waals surface area contributed by atoms with E-state index in [0.717, 1.165) is 10.4 Å². The average Bonchev–Trinajstić information content (AvgIpc) is 3.07. The second kappa shape index (κ2) is 8.30. The summed E-state index contributed by atoms with van der Waals surface area (Å²) >= 11 is 1.35. The second-order valence-electron chi connectivity index (χ2n) is 5.65. The number of carbonyl (C=O) groups excluding carboxylic acids is 1. The second-order valence-corrected chi connectivity index (χ2v) is 8.32. The van der Waals surface area contributed by atoms with E-state index in [-0.39, 0.29) is 17.4 Å². The van der Waals surface area contributed by atoms with Crippen LogP contribution in [0.3, 0.4) is 0 Å². The number of nitrogens with two attached hydrogens (primary N) is 1. The summed E-state index contributed by atoms with van der Waals surface area (Å²) in [4.78, 5) is 17.1. The molecule has 1 aromatic heterocycles. The smallest absolute Gasteiger partial charge is 0.264 e. The average molecular weight is 403 g/mol. The van der Waals surface area contributed by atoms with Crippen molar-refractivity contribution in [1.82, 2.24) is 4.98 Å². The quantitative estimate of drug-likeness (QED) is 0.629. The predicted octanol–water partition coefficient (Wildman–Crippen LogP) is 2.40. The summed E-state index contributed by atoms with van der Waals surface area (Å²) in [6.07, 6.45) is 2.24. The summed E-state index contributed by atoms with van der Waals surface area (Å²) in [7, 11) is -3.70. The van der Waals surface area contributed by atoms with Crippen LogP contribution in [0.25, 0.3) is 0 Å². The number of benzene rings is 2. The Morgan fingerprint density at radius 3 is 2.48 bits per heavy atom. The van der Waals surface area contributed by atoms with Gasteiger partial charge in [-0.3, -0.25) is 10.1 Å². The number of rotatable bonds is 7. The van der Waals surface area contributed by atoms with Gasteiger partial charge in [0.05, 0.1) is 4.90 Å². The van der Waals surface area contributed by atoms with E-state index in [1.165, 1.54) is 23.5 Å². The van der Waals surface area contributed by atoms with Gasteiger partial charge >= 0.3 is 0 Å². The Kier molecular flexibility index (Phi) is 5.84. The van der Waals surface area contributed by atoms with E-state index in [2.05, 4.69) is 10.3 Å². The molecular weight excluding hydrogens is 386 g/mol. The molecule has 9 heteroatoms. The van der Waals surface area contributed by atoms with E-state index in [9.17, 15) is 13.2 Å². The highest BCUT2D eigenvalue weighted by molar-refractivity contribution is 7.89. The first-order valence-corrected chi connectivity index (χ1v) is 10.3. The minimum Gasteiger partial charge on any atom is -0.484 e. The molecule has 0 spiro atoms. The van der Waals surface area contributed by atoms with E-state index in [1.807, 2.05) is 18.2 Å². The summed E-state index contributed by atoms with van der Waals surface area (Å²) < 4.78 is 27.9. The van der Waals surface area contributed by atoms with Crippen LogP contribution in [0, 0.1) is 0 Å². The maximum Gasteiger partial charge on any atom is 0.264 e. The third-order valence-corrected chi connectivity index (χ3v) is 5.39. The van der Waals surface area contributed by atoms with Gasteiger partial charge in [0.1, 0.15) is 5.75 Å². The van der Waals surface area contributed by atoms with Crippen molar-refractivity contribution in [2.45, 2.75) is 11.3 Å². The highest BCUT2D eigenvalue weighted by atomic mass is 32.2. The zero-order valence-electron chi connectivity index (χ0n) is 14.2. The van der Waals surface area contributed by atoms with Gasteiger partial charge in [-0.05, 0) is 29.8 Å². The number of nitrogens with one attached hydrogen (secondary N) is 1. The van der Waals surface area contributed by atoms with Crippen LogP contribution in [0.15, 0.2) is 65.7 Å². The van der Waals surface area contributed by atoms with E-state index < -0.39 is 10.0 Å². The van der Waals surface area contributed by atoms with Gasteiger partial charge in [0.15, 0.2) is 11.7 Å². The standard InChI is InChI=1S/C18H17N3O4S2/c19-27(23,24)16-8-6-13(7-9-16)10-15-11-20-18(26-15)21-17(22)12-25-14-4-2-1-3-5-14/h1-9,11H,10,12H2,(H2,19,23,24)(H,20,21,22). The molecule has 140 valence electrons. The molecule has 0 aliphatic rings. The van der Waals surface area contributed by atoms with Crippen LogP contribution in [0.4, 0.5) is 5.13 Å². The highest BCUT2D eigenvalue weighted by Gasteiger charge is 2.10. The minimum absolute atomic E-state index is 0.0712. The molecular formula is C18H17N3O4S2. The van der Waals surface area contributed by atoms with Crippen molar-refractivity contribution in [3.8, 4) is 5.75 Å². The first kappa shape index (κ1) is 19.0. The lowest BCUT2D eigenvalue weighted by Crippen LogP contribution is -2.19. The maximum atomic E-state index is 11.9. The number of primary sulfonamides is 1. The van der Waals surface area contributed by atoms with Gasteiger partial charge in [-0.1, -0.05) is 30.3 Å². The summed E-state index contributed by atoms with van der Waals surface area (Å²) in [5.41, 5.74) is 0.913. The van der Waals surface area contributed by atoms with Crippen molar-refractivity contribution >= 4 is 32.4 Å². The molecule has 0 saturated heterocycles. The number of anilines is 1. The third kappa shape index (κ3) is 5.61. The number of aromatic nitrogens is 1. The number of carbonyl (C=O) groups is 1. The number of para-hydroxylation sites is 1. The lowest BCUT2D eigenvalue weighted by molar-refractivity contribution is -0.118. The van der Waals surface area contributed by atoms with Gasteiger partial charge in [-0.2, -0.15) is 0 Å². The van der Waals surface area contributed by atoms with Crippen LogP contribution >= 0.6 is 11.3 Å². The number of hydrogen-bond acceptors (Lipinski definition) is 6. The van der Waals surface area contributed by atoms with Crippen LogP contribution in [-0.2, 0) is 21.2 Å². The minimum atomic E-state index is -3.70. The molecule has 27 heavy (non-hydrogen) atoms. The largest absolute Gasteiger partial charge is 0.484 e. The maximum absolute atomic E-state index is 11.9. The molecule has 1 amide bonds. The first-order valence-electron chi connectivity index (χ1n) is 7.94. The van der Waals surface area contributed by atoms with Gasteiger partial charge in [-0.25, -0.2) is 18.5 Å². The van der Waals surface area contributed by atoms with Gasteiger partial charge < -0.3 is 4.74 Å². The van der Waals surface area contributed by atoms with Crippen LogP contribution in [0.5, 0.6) is 5.75 Å². The van der Waals surface area contributed by atoms with E-state index in [0.29, 0.717) is 17.3 Å². The van der Waals surface area contributed by atoms with Gasteiger partial charge in [-0.15, -0.1) is 11.3 Å². The highest BCUT2D eigenvalue weighted by Crippen LogP contribution is 2.22. The molecule has 7 nitrogen and oxygen atoms in total. The SMILES string of the molecule is NS(=O)(=O)c1ccc(Cc2cnc(NC(=O)COc3ccccc3)s2)cc1. The Morgan fingerprint density at radius 2 is 1.81 bits per heavy atom. The number of sulfonamides is 1. The Hall–Kier alpha value is -2.75. The fraction of sp³-hybridized carbons (Fsp3) is 0.111. The molecule has 0 bridgehead atoms. The van der Waals surface area contributed by atoms with E-state index in [4.69, 9.17) is 9.88 Å². The molecule has 1 heterocycles. The summed E-state index contributed by atoms with van der Waals surface area (Å²) in [6.45, 7) is -0.103. The fourth-order valence-electron chi connectivity index (χ4n) is 2.27. The summed E-state index contributed by atoms with van der Waals surface area (Å²) in [5.74, 6) is 0.327. The number of nitrogens with zero attached hydrogens (tertiary/aromatic N) is 1. The lowest BCUT2D eigenvalue weighted by Gasteiger charge is -2.05. The number of amides is 1. The van der Waals surface area contributed by atoms with Crippen molar-refractivity contribution < 1.29 is 17.9 Å². The molecule has 0 atom stereocenters. The molecule has 0 fully saturated rings. The van der Waals surface area contributed by atoms with Crippen molar-refractivity contribution in [1.29, 1.82) is 0 Å². The van der Waals surface area contributed by atoms with Crippen molar-refractivity contribution in [2.75, 3.05) is 11.9 Å². The molecule has 0 radical (unpaired) electrons. The Morgan fingerprint density at radius 1 is 1.11 bits per heavy atom. The van der Waals surface area contributed by atoms with Crippen molar-refractivity contribution in [2.24, 2.45) is 5.14 Å². The van der Waals surface area contributed by atoms with Crippen LogP contribution in [0.1, 0.15) is 10.4 Å². The third-order valence-electron chi connectivity index (χ3n) is 3.54. The zero-order valence-corrected chi connectivity index (χ0v) is 15.8. The topological polar surface area (TPSA) is 111 Å². The number of thiazole rings is 1. The molecule has 3 rings (SSSR count). The zero-order chi connectivity index (χ0) is 19.3. The summed E-state index contributed by atoms with van der Waals surface area (Å²) in [6, 6.07) is 15.4. The van der Waals surface area contributed by atoms with Crippen molar-refractivity contribution in [3.63, 3.8) is 0 Å². The van der Waals surface area contributed by atoms with Crippen LogP contribution in [-0.4, -0.2) is 25.9 Å². The number of hydrogen-bond donors (Lipinski definition) is 2. The normalized spacial score (nSPS) is 11.1. The van der Waals surface area contributed by atoms with Crippen LogP contribution in [0.2, 0.25) is 0 Å².